The van der Waals surface area contributed by atoms with E-state index in [0.717, 1.165) is 33.5 Å². The summed E-state index contributed by atoms with van der Waals surface area (Å²) < 4.78 is 13.3. The van der Waals surface area contributed by atoms with E-state index < -0.39 is 21.2 Å². The number of hydrogen-bond acceptors (Lipinski definition) is 4. The summed E-state index contributed by atoms with van der Waals surface area (Å²) in [4.78, 5) is 0. The van der Waals surface area contributed by atoms with Crippen molar-refractivity contribution in [2.75, 3.05) is 13.7 Å². The third-order valence-corrected chi connectivity index (χ3v) is 7.32. The fraction of sp³-hybridized carbons (Fsp3) is 0.429. The van der Waals surface area contributed by atoms with Crippen molar-refractivity contribution >= 4 is 0 Å². The van der Waals surface area contributed by atoms with Crippen LogP contribution in [0.4, 0.5) is 0 Å². The van der Waals surface area contributed by atoms with Crippen molar-refractivity contribution in [2.24, 2.45) is 0 Å². The van der Waals surface area contributed by atoms with Crippen LogP contribution in [0.5, 0.6) is 11.5 Å². The zero-order chi connectivity index (χ0) is 18.8. The van der Waals surface area contributed by atoms with Gasteiger partial charge in [-0.1, -0.05) is 26.2 Å². The first-order chi connectivity index (χ1) is 12.7. The zero-order valence-electron chi connectivity index (χ0n) is 15.5. The highest BCUT2D eigenvalue weighted by molar-refractivity contribution is 5.33. The summed E-state index contributed by atoms with van der Waals surface area (Å²) in [5, 5.41) is 19.4. The van der Waals surface area contributed by atoms with E-state index in [1.807, 2.05) is 24.3 Å². The molecule has 0 unspecified atom stereocenters. The molecule has 0 saturated heterocycles. The Balaban J connectivity index is 2.04. The summed E-state index contributed by atoms with van der Waals surface area (Å²) in [5.74, 6) is 1.56. The van der Waals surface area contributed by atoms with Crippen LogP contribution < -0.4 is 30.7 Å². The monoisotopic (exact) mass is 471 g/mol. The largest absolute Gasteiger partial charge is 0.497 e. The molecule has 4 nitrogen and oxygen atoms in total. The maximum absolute atomic E-state index is 9.70. The minimum absolute atomic E-state index is 0.0573. The topological polar surface area (TPSA) is 58.9 Å². The lowest BCUT2D eigenvalue weighted by atomic mass is 10.1. The molecule has 2 aromatic carbocycles. The molecule has 0 aliphatic heterocycles. The standard InChI is InChI=1S/C21H28IO4/c1-3-4-5-6-11-26-19-9-7-18(8-10-19)22-21-16(14-23)12-20(25-2)13-17(21)15-24/h7-10,12-13,23-24H,3-6,11,14-15H2,1-2H3/q+1. The molecule has 0 aromatic heterocycles. The maximum atomic E-state index is 9.70. The van der Waals surface area contributed by atoms with Crippen LogP contribution in [0.1, 0.15) is 43.7 Å². The minimum Gasteiger partial charge on any atom is -0.497 e. The summed E-state index contributed by atoms with van der Waals surface area (Å²) >= 11 is -0.511. The van der Waals surface area contributed by atoms with Crippen LogP contribution in [0.25, 0.3) is 0 Å². The molecular formula is C21H28IO4+. The van der Waals surface area contributed by atoms with Crippen molar-refractivity contribution in [3.05, 3.63) is 54.7 Å². The van der Waals surface area contributed by atoms with Gasteiger partial charge in [0.15, 0.2) is 3.57 Å². The summed E-state index contributed by atoms with van der Waals surface area (Å²) in [6.07, 6.45) is 4.80. The van der Waals surface area contributed by atoms with E-state index in [0.29, 0.717) is 5.75 Å². The molecule has 0 radical (unpaired) electrons. The lowest BCUT2D eigenvalue weighted by molar-refractivity contribution is -0.599. The molecule has 0 atom stereocenters. The highest BCUT2D eigenvalue weighted by Gasteiger charge is 2.25. The van der Waals surface area contributed by atoms with E-state index in [1.54, 1.807) is 7.11 Å². The van der Waals surface area contributed by atoms with Gasteiger partial charge < -0.3 is 19.7 Å². The van der Waals surface area contributed by atoms with E-state index in [2.05, 4.69) is 19.1 Å². The molecule has 0 amide bonds. The van der Waals surface area contributed by atoms with Crippen molar-refractivity contribution in [2.45, 2.75) is 45.8 Å². The van der Waals surface area contributed by atoms with Gasteiger partial charge in [0.2, 0.25) is 3.57 Å². The second-order valence-electron chi connectivity index (χ2n) is 6.03. The van der Waals surface area contributed by atoms with Crippen LogP contribution in [0, 0.1) is 7.14 Å². The van der Waals surface area contributed by atoms with Crippen LogP contribution in [-0.4, -0.2) is 23.9 Å². The van der Waals surface area contributed by atoms with Gasteiger partial charge in [0.05, 0.1) is 26.9 Å². The molecule has 0 heterocycles. The highest BCUT2D eigenvalue weighted by Crippen LogP contribution is 2.17. The first kappa shape index (κ1) is 21.0. The quantitative estimate of drug-likeness (QED) is 0.376. The number of benzene rings is 2. The molecule has 0 bridgehead atoms. The van der Waals surface area contributed by atoms with Crippen molar-refractivity contribution in [1.29, 1.82) is 0 Å². The molecule has 2 N–H and O–H groups in total. The molecule has 26 heavy (non-hydrogen) atoms. The number of ether oxygens (including phenoxy) is 2. The van der Waals surface area contributed by atoms with Gasteiger partial charge in [0.1, 0.15) is 11.5 Å². The zero-order valence-corrected chi connectivity index (χ0v) is 17.7. The Labute approximate surface area is 166 Å². The van der Waals surface area contributed by atoms with Crippen LogP contribution >= 0.6 is 0 Å². The van der Waals surface area contributed by atoms with Crippen LogP contribution in [-0.2, 0) is 13.2 Å². The molecule has 0 fully saturated rings. The number of aliphatic hydroxyl groups is 2. The lowest BCUT2D eigenvalue weighted by Crippen LogP contribution is -3.62. The molecule has 2 rings (SSSR count). The lowest BCUT2D eigenvalue weighted by Gasteiger charge is -2.07. The number of rotatable bonds is 11. The molecule has 0 saturated carbocycles. The van der Waals surface area contributed by atoms with Gasteiger partial charge in [-0.25, -0.2) is 0 Å². The Morgan fingerprint density at radius 3 is 2.08 bits per heavy atom. The Bertz CT molecular complexity index is 645. The first-order valence-electron chi connectivity index (χ1n) is 9.01. The molecule has 5 heteroatoms. The number of unbranched alkanes of at least 4 members (excludes halogenated alkanes) is 3. The Morgan fingerprint density at radius 2 is 1.54 bits per heavy atom. The number of aliphatic hydroxyl groups excluding tert-OH is 2. The fourth-order valence-electron chi connectivity index (χ4n) is 2.61. The molecule has 0 aliphatic carbocycles. The normalized spacial score (nSPS) is 10.8. The van der Waals surface area contributed by atoms with E-state index >= 15 is 0 Å². The Morgan fingerprint density at radius 1 is 0.885 bits per heavy atom. The molecule has 2 aromatic rings. The molecule has 0 spiro atoms. The van der Waals surface area contributed by atoms with E-state index in [9.17, 15) is 10.2 Å². The third-order valence-electron chi connectivity index (χ3n) is 4.06. The second kappa shape index (κ2) is 11.4. The predicted octanol–water partition coefficient (Wildman–Crippen LogP) is 0.767. The van der Waals surface area contributed by atoms with Crippen molar-refractivity contribution in [3.63, 3.8) is 0 Å². The van der Waals surface area contributed by atoms with E-state index in [-0.39, 0.29) is 13.2 Å². The van der Waals surface area contributed by atoms with E-state index in [4.69, 9.17) is 9.47 Å². The summed E-state index contributed by atoms with van der Waals surface area (Å²) in [6.45, 7) is 2.85. The smallest absolute Gasteiger partial charge is 0.358 e. The number of methoxy groups -OCH3 is 1. The Kier molecular flexibility index (Phi) is 9.22. The van der Waals surface area contributed by atoms with Gasteiger partial charge in [0.25, 0.3) is 0 Å². The van der Waals surface area contributed by atoms with Gasteiger partial charge in [-0.2, -0.15) is 0 Å². The predicted molar refractivity (Wildman–Crippen MR) is 98.3 cm³/mol. The summed E-state index contributed by atoms with van der Waals surface area (Å²) in [6, 6.07) is 11.9. The molecule has 142 valence electrons. The number of hydrogen-bond donors (Lipinski definition) is 2. The summed E-state index contributed by atoms with van der Waals surface area (Å²) in [5.41, 5.74) is 1.66. The van der Waals surface area contributed by atoms with Crippen LogP contribution in [0.15, 0.2) is 36.4 Å². The van der Waals surface area contributed by atoms with Crippen molar-refractivity contribution in [3.8, 4) is 11.5 Å². The van der Waals surface area contributed by atoms with Crippen molar-refractivity contribution in [1.82, 2.24) is 0 Å². The van der Waals surface area contributed by atoms with Crippen LogP contribution in [0.3, 0.4) is 0 Å². The van der Waals surface area contributed by atoms with Gasteiger partial charge in [-0.3, -0.25) is 0 Å². The maximum Gasteiger partial charge on any atom is 0.358 e. The van der Waals surface area contributed by atoms with Gasteiger partial charge in [-0.15, -0.1) is 0 Å². The first-order valence-corrected chi connectivity index (χ1v) is 11.2. The number of halogens is 1. The molecule has 0 aliphatic rings. The van der Waals surface area contributed by atoms with Crippen molar-refractivity contribution < 1.29 is 40.9 Å². The van der Waals surface area contributed by atoms with Crippen LogP contribution in [0.2, 0.25) is 0 Å². The third kappa shape index (κ3) is 6.14. The Hall–Kier alpha value is -1.31. The average molecular weight is 471 g/mol. The second-order valence-corrected chi connectivity index (χ2v) is 8.90. The van der Waals surface area contributed by atoms with Gasteiger partial charge >= 0.3 is 21.2 Å². The minimum atomic E-state index is -0.511. The summed E-state index contributed by atoms with van der Waals surface area (Å²) in [7, 11) is 1.59. The molecular weight excluding hydrogens is 443 g/mol. The highest BCUT2D eigenvalue weighted by atomic mass is 127. The van der Waals surface area contributed by atoms with Gasteiger partial charge in [-0.05, 0) is 42.8 Å². The van der Waals surface area contributed by atoms with Gasteiger partial charge in [0, 0.05) is 11.1 Å². The van der Waals surface area contributed by atoms with E-state index in [1.165, 1.54) is 22.8 Å². The fourth-order valence-corrected chi connectivity index (χ4v) is 5.30. The average Bonchev–Trinajstić information content (AvgIpc) is 2.69. The SMILES string of the molecule is CCCCCCOc1ccc([I+]c2c(CO)cc(OC)cc2CO)cc1.